The van der Waals surface area contributed by atoms with Crippen molar-refractivity contribution in [3.05, 3.63) is 41.0 Å². The topological polar surface area (TPSA) is 91.8 Å². The van der Waals surface area contributed by atoms with E-state index in [1.54, 1.807) is 23.5 Å². The van der Waals surface area contributed by atoms with E-state index >= 15 is 0 Å². The molecule has 1 unspecified atom stereocenters. The second-order valence-electron chi connectivity index (χ2n) is 7.03. The number of anilines is 2. The van der Waals surface area contributed by atoms with Crippen molar-refractivity contribution < 1.29 is 23.7 Å². The van der Waals surface area contributed by atoms with E-state index in [0.717, 1.165) is 21.7 Å². The zero-order chi connectivity index (χ0) is 20.7. The third-order valence-corrected chi connectivity index (χ3v) is 6.20. The summed E-state index contributed by atoms with van der Waals surface area (Å²) in [7, 11) is 0. The first kappa shape index (κ1) is 19.5. The average molecular weight is 448 g/mol. The zero-order valence-electron chi connectivity index (χ0n) is 15.9. The number of thiophene rings is 1. The fraction of sp³-hybridized carbons (Fsp3) is 0.350. The summed E-state index contributed by atoms with van der Waals surface area (Å²) < 4.78 is 23.8. The molecule has 0 spiro atoms. The molecule has 156 valence electrons. The molecule has 2 aliphatic heterocycles. The number of halogens is 1. The molecular formula is C20H18ClN3O5S. The van der Waals surface area contributed by atoms with Gasteiger partial charge in [-0.1, -0.05) is 11.6 Å². The van der Waals surface area contributed by atoms with Crippen LogP contribution in [0.2, 0.25) is 5.02 Å². The number of benzene rings is 1. The first-order valence-corrected chi connectivity index (χ1v) is 10.7. The second kappa shape index (κ2) is 7.99. The SMILES string of the molecule is CC(=O)O[C@H]1CO[C@@H]2C(Oc3ccc(Nc4ncnc5ccsc45)cc3Cl)CO[C@H]12. The number of esters is 1. The Morgan fingerprint density at radius 1 is 1.20 bits per heavy atom. The zero-order valence-corrected chi connectivity index (χ0v) is 17.5. The number of nitrogens with one attached hydrogen (secondary N) is 1. The first-order valence-electron chi connectivity index (χ1n) is 9.40. The van der Waals surface area contributed by atoms with E-state index in [9.17, 15) is 4.79 Å². The summed E-state index contributed by atoms with van der Waals surface area (Å²) in [6, 6.07) is 7.39. The molecule has 0 amide bonds. The molecule has 4 atom stereocenters. The Morgan fingerprint density at radius 3 is 2.80 bits per heavy atom. The molecule has 0 bridgehead atoms. The molecule has 10 heteroatoms. The minimum atomic E-state index is -0.412. The molecule has 0 radical (unpaired) electrons. The Kier molecular flexibility index (Phi) is 5.20. The van der Waals surface area contributed by atoms with E-state index in [2.05, 4.69) is 15.3 Å². The smallest absolute Gasteiger partial charge is 0.303 e. The number of hydrogen-bond donors (Lipinski definition) is 1. The quantitative estimate of drug-likeness (QED) is 0.593. The van der Waals surface area contributed by atoms with E-state index in [1.807, 2.05) is 17.5 Å². The van der Waals surface area contributed by atoms with Gasteiger partial charge in [-0.05, 0) is 29.6 Å². The van der Waals surface area contributed by atoms with Crippen LogP contribution in [0.15, 0.2) is 36.0 Å². The van der Waals surface area contributed by atoms with Gasteiger partial charge in [0.1, 0.15) is 24.3 Å². The maximum Gasteiger partial charge on any atom is 0.303 e. The molecule has 0 aliphatic carbocycles. The standard InChI is InChI=1S/C20H18ClN3O5S/c1-10(25)28-15-7-26-18-16(8-27-17(15)18)29-14-3-2-11(6-12(14)21)24-20-19-13(4-5-30-19)22-9-23-20/h2-6,9,15-18H,7-8H2,1H3,(H,22,23,24)/t15-,16?,17+,18+/m0/s1. The Hall–Kier alpha value is -2.46. The largest absolute Gasteiger partial charge is 0.484 e. The van der Waals surface area contributed by atoms with Crippen LogP contribution in [0.3, 0.4) is 0 Å². The molecule has 3 aromatic rings. The van der Waals surface area contributed by atoms with Gasteiger partial charge in [0.15, 0.2) is 18.0 Å². The third kappa shape index (κ3) is 3.69. The van der Waals surface area contributed by atoms with Crippen molar-refractivity contribution in [2.45, 2.75) is 31.3 Å². The van der Waals surface area contributed by atoms with Crippen molar-refractivity contribution in [1.29, 1.82) is 0 Å². The highest BCUT2D eigenvalue weighted by Crippen LogP contribution is 2.36. The molecular weight excluding hydrogens is 430 g/mol. The predicted octanol–water partition coefficient (Wildman–Crippen LogP) is 3.57. The van der Waals surface area contributed by atoms with Gasteiger partial charge in [0.2, 0.25) is 0 Å². The van der Waals surface area contributed by atoms with Crippen LogP contribution in [0.25, 0.3) is 10.2 Å². The predicted molar refractivity (Wildman–Crippen MR) is 112 cm³/mol. The molecule has 1 N–H and O–H groups in total. The lowest BCUT2D eigenvalue weighted by Gasteiger charge is -2.19. The molecule has 4 heterocycles. The molecule has 5 rings (SSSR count). The van der Waals surface area contributed by atoms with Crippen molar-refractivity contribution >= 4 is 50.6 Å². The summed E-state index contributed by atoms with van der Waals surface area (Å²) in [4.78, 5) is 19.8. The lowest BCUT2D eigenvalue weighted by Crippen LogP contribution is -2.36. The number of carbonyl (C=O) groups is 1. The van der Waals surface area contributed by atoms with Crippen LogP contribution < -0.4 is 10.1 Å². The first-order chi connectivity index (χ1) is 14.6. The minimum absolute atomic E-state index is 0.293. The number of hydrogen-bond acceptors (Lipinski definition) is 9. The Bertz CT molecular complexity index is 1090. The lowest BCUT2D eigenvalue weighted by atomic mass is 10.1. The van der Waals surface area contributed by atoms with Gasteiger partial charge in [0, 0.05) is 12.6 Å². The number of aromatic nitrogens is 2. The maximum absolute atomic E-state index is 11.2. The van der Waals surface area contributed by atoms with Gasteiger partial charge in [-0.3, -0.25) is 4.79 Å². The molecule has 2 fully saturated rings. The van der Waals surface area contributed by atoms with Crippen molar-refractivity contribution in [3.63, 3.8) is 0 Å². The van der Waals surface area contributed by atoms with Gasteiger partial charge in [0.05, 0.1) is 28.5 Å². The van der Waals surface area contributed by atoms with Crippen LogP contribution in [0, 0.1) is 0 Å². The average Bonchev–Trinajstić information content (AvgIpc) is 3.42. The number of carbonyl (C=O) groups excluding carboxylic acids is 1. The van der Waals surface area contributed by atoms with Gasteiger partial charge in [0.25, 0.3) is 0 Å². The monoisotopic (exact) mass is 447 g/mol. The highest BCUT2D eigenvalue weighted by molar-refractivity contribution is 7.17. The van der Waals surface area contributed by atoms with Gasteiger partial charge in [-0.15, -0.1) is 11.3 Å². The van der Waals surface area contributed by atoms with Gasteiger partial charge in [-0.2, -0.15) is 0 Å². The molecule has 0 saturated carbocycles. The van der Waals surface area contributed by atoms with Gasteiger partial charge >= 0.3 is 5.97 Å². The van der Waals surface area contributed by atoms with Crippen molar-refractivity contribution in [2.24, 2.45) is 0 Å². The fourth-order valence-corrected chi connectivity index (χ4v) is 4.71. The number of nitrogens with zero attached hydrogens (tertiary/aromatic N) is 2. The summed E-state index contributed by atoms with van der Waals surface area (Å²) >= 11 is 8.04. The minimum Gasteiger partial charge on any atom is -0.484 e. The molecule has 8 nitrogen and oxygen atoms in total. The number of rotatable bonds is 5. The molecule has 30 heavy (non-hydrogen) atoms. The van der Waals surface area contributed by atoms with Crippen LogP contribution in [0.1, 0.15) is 6.92 Å². The lowest BCUT2D eigenvalue weighted by molar-refractivity contribution is -0.150. The molecule has 1 aromatic carbocycles. The number of fused-ring (bicyclic) bond motifs is 2. The summed E-state index contributed by atoms with van der Waals surface area (Å²) in [5, 5.41) is 5.71. The van der Waals surface area contributed by atoms with E-state index in [1.165, 1.54) is 13.3 Å². The van der Waals surface area contributed by atoms with Crippen molar-refractivity contribution in [1.82, 2.24) is 9.97 Å². The second-order valence-corrected chi connectivity index (χ2v) is 8.35. The van der Waals surface area contributed by atoms with E-state index in [0.29, 0.717) is 24.0 Å². The van der Waals surface area contributed by atoms with Crippen LogP contribution >= 0.6 is 22.9 Å². The maximum atomic E-state index is 11.2. The highest BCUT2D eigenvalue weighted by Gasteiger charge is 2.50. The molecule has 2 saturated heterocycles. The van der Waals surface area contributed by atoms with Crippen molar-refractivity contribution in [2.75, 3.05) is 18.5 Å². The fourth-order valence-electron chi connectivity index (χ4n) is 3.70. The van der Waals surface area contributed by atoms with E-state index < -0.39 is 6.10 Å². The molecule has 2 aromatic heterocycles. The van der Waals surface area contributed by atoms with Gasteiger partial charge in [-0.25, -0.2) is 9.97 Å². The van der Waals surface area contributed by atoms with E-state index in [4.69, 9.17) is 30.5 Å². The number of ether oxygens (including phenoxy) is 4. The molecule has 2 aliphatic rings. The van der Waals surface area contributed by atoms with Crippen LogP contribution in [0.4, 0.5) is 11.5 Å². The van der Waals surface area contributed by atoms with Crippen LogP contribution in [-0.4, -0.2) is 53.6 Å². The van der Waals surface area contributed by atoms with Gasteiger partial charge < -0.3 is 24.3 Å². The highest BCUT2D eigenvalue weighted by atomic mass is 35.5. The van der Waals surface area contributed by atoms with E-state index in [-0.39, 0.29) is 24.3 Å². The van der Waals surface area contributed by atoms with Crippen molar-refractivity contribution in [3.8, 4) is 5.75 Å². The Morgan fingerprint density at radius 2 is 2.00 bits per heavy atom. The summed E-state index contributed by atoms with van der Waals surface area (Å²) in [5.41, 5.74) is 1.68. The third-order valence-electron chi connectivity index (χ3n) is 5.00. The summed E-state index contributed by atoms with van der Waals surface area (Å²) in [5.74, 6) is 0.898. The normalized spacial score (nSPS) is 25.3. The summed E-state index contributed by atoms with van der Waals surface area (Å²) in [6.45, 7) is 2.00. The summed E-state index contributed by atoms with van der Waals surface area (Å²) in [6.07, 6.45) is 0.142. The van der Waals surface area contributed by atoms with Crippen LogP contribution in [0.5, 0.6) is 5.75 Å². The van der Waals surface area contributed by atoms with Crippen LogP contribution in [-0.2, 0) is 19.0 Å². The Labute approximate surface area is 181 Å². The Balaban J connectivity index is 1.28.